The molecular weight excluding hydrogens is 412 g/mol. The molecule has 4 rings (SSSR count). The molecule has 1 atom stereocenters. The number of furan rings is 1. The summed E-state index contributed by atoms with van der Waals surface area (Å²) in [5.41, 5.74) is 4.42. The fourth-order valence-corrected chi connectivity index (χ4v) is 4.89. The Bertz CT molecular complexity index is 1410. The van der Waals surface area contributed by atoms with Crippen LogP contribution in [0, 0.1) is 13.8 Å². The van der Waals surface area contributed by atoms with Crippen LogP contribution < -0.4 is 9.62 Å². The number of para-hydroxylation sites is 1. The van der Waals surface area contributed by atoms with Crippen LogP contribution in [-0.2, 0) is 14.8 Å². The minimum atomic E-state index is -3.68. The molecule has 0 radical (unpaired) electrons. The van der Waals surface area contributed by atoms with Crippen LogP contribution in [0.4, 0.5) is 11.4 Å². The number of nitrogens with one attached hydrogen (secondary N) is 1. The zero-order valence-corrected chi connectivity index (χ0v) is 18.7. The van der Waals surface area contributed by atoms with E-state index in [-0.39, 0.29) is 0 Å². The summed E-state index contributed by atoms with van der Waals surface area (Å²) in [6, 6.07) is 17.6. The van der Waals surface area contributed by atoms with Gasteiger partial charge >= 0.3 is 0 Å². The molecule has 0 unspecified atom stereocenters. The van der Waals surface area contributed by atoms with Gasteiger partial charge in [-0.05, 0) is 62.2 Å². The SMILES string of the molecule is Cc1ccc(N([C@H](C)C(=O)Nc2ccc3c(c2)oc2ccccc23)S(C)(=O)=O)cc1C. The third-order valence-electron chi connectivity index (χ3n) is 5.48. The Labute approximate surface area is 181 Å². The summed E-state index contributed by atoms with van der Waals surface area (Å²) in [7, 11) is -3.68. The molecule has 7 heteroatoms. The molecule has 3 aromatic carbocycles. The van der Waals surface area contributed by atoms with Crippen molar-refractivity contribution >= 4 is 49.2 Å². The molecule has 160 valence electrons. The van der Waals surface area contributed by atoms with Crippen molar-refractivity contribution in [3.63, 3.8) is 0 Å². The smallest absolute Gasteiger partial charge is 0.247 e. The number of anilines is 2. The van der Waals surface area contributed by atoms with E-state index in [1.54, 1.807) is 31.2 Å². The maximum absolute atomic E-state index is 13.0. The van der Waals surface area contributed by atoms with E-state index in [1.165, 1.54) is 0 Å². The van der Waals surface area contributed by atoms with E-state index < -0.39 is 22.0 Å². The van der Waals surface area contributed by atoms with E-state index in [0.717, 1.165) is 38.0 Å². The largest absolute Gasteiger partial charge is 0.456 e. The zero-order chi connectivity index (χ0) is 22.3. The van der Waals surface area contributed by atoms with Gasteiger partial charge < -0.3 is 9.73 Å². The highest BCUT2D eigenvalue weighted by Gasteiger charge is 2.29. The lowest BCUT2D eigenvalue weighted by Crippen LogP contribution is -2.45. The molecule has 1 aromatic heterocycles. The van der Waals surface area contributed by atoms with Crippen molar-refractivity contribution in [3.8, 4) is 0 Å². The molecule has 31 heavy (non-hydrogen) atoms. The molecule has 0 aliphatic heterocycles. The van der Waals surface area contributed by atoms with Gasteiger partial charge in [-0.15, -0.1) is 0 Å². The summed E-state index contributed by atoms with van der Waals surface area (Å²) >= 11 is 0. The Morgan fingerprint density at radius 1 is 0.935 bits per heavy atom. The van der Waals surface area contributed by atoms with Gasteiger partial charge in [-0.25, -0.2) is 8.42 Å². The number of benzene rings is 3. The van der Waals surface area contributed by atoms with Gasteiger partial charge in [0, 0.05) is 22.5 Å². The fraction of sp³-hybridized carbons (Fsp3) is 0.208. The molecule has 6 nitrogen and oxygen atoms in total. The Balaban J connectivity index is 1.64. The number of nitrogens with zero attached hydrogens (tertiary/aromatic N) is 1. The van der Waals surface area contributed by atoms with Crippen molar-refractivity contribution in [2.75, 3.05) is 15.9 Å². The van der Waals surface area contributed by atoms with Crippen LogP contribution in [0.1, 0.15) is 18.1 Å². The number of hydrogen-bond acceptors (Lipinski definition) is 4. The number of fused-ring (bicyclic) bond motifs is 3. The average Bonchev–Trinajstić information content (AvgIpc) is 3.07. The molecule has 0 bridgehead atoms. The molecular formula is C24H24N2O4S. The second kappa shape index (κ2) is 7.74. The summed E-state index contributed by atoms with van der Waals surface area (Å²) in [5, 5.41) is 4.78. The first-order valence-electron chi connectivity index (χ1n) is 9.94. The topological polar surface area (TPSA) is 79.6 Å². The maximum atomic E-state index is 13.0. The Kier molecular flexibility index (Phi) is 5.23. The predicted molar refractivity (Wildman–Crippen MR) is 125 cm³/mol. The number of rotatable bonds is 5. The molecule has 1 N–H and O–H groups in total. The van der Waals surface area contributed by atoms with E-state index in [0.29, 0.717) is 17.0 Å². The van der Waals surface area contributed by atoms with Crippen molar-refractivity contribution in [1.29, 1.82) is 0 Å². The van der Waals surface area contributed by atoms with Crippen LogP contribution in [0.3, 0.4) is 0 Å². The van der Waals surface area contributed by atoms with E-state index in [4.69, 9.17) is 4.42 Å². The molecule has 0 aliphatic carbocycles. The van der Waals surface area contributed by atoms with Gasteiger partial charge in [0.25, 0.3) is 0 Å². The molecule has 4 aromatic rings. The second-order valence-electron chi connectivity index (χ2n) is 7.80. The van der Waals surface area contributed by atoms with Gasteiger partial charge in [0.05, 0.1) is 11.9 Å². The number of amides is 1. The van der Waals surface area contributed by atoms with Crippen molar-refractivity contribution in [1.82, 2.24) is 0 Å². The Morgan fingerprint density at radius 3 is 2.35 bits per heavy atom. The summed E-state index contributed by atoms with van der Waals surface area (Å²) in [6.07, 6.45) is 1.10. The van der Waals surface area contributed by atoms with Gasteiger partial charge in [-0.2, -0.15) is 0 Å². The predicted octanol–water partition coefficient (Wildman–Crippen LogP) is 5.00. The van der Waals surface area contributed by atoms with Crippen LogP contribution in [-0.4, -0.2) is 26.6 Å². The molecule has 0 aliphatic rings. The third kappa shape index (κ3) is 4.01. The molecule has 0 spiro atoms. The number of hydrogen-bond donors (Lipinski definition) is 1. The summed E-state index contributed by atoms with van der Waals surface area (Å²) in [4.78, 5) is 13.0. The van der Waals surface area contributed by atoms with Crippen LogP contribution in [0.25, 0.3) is 21.9 Å². The Hall–Kier alpha value is -3.32. The monoisotopic (exact) mass is 436 g/mol. The average molecular weight is 437 g/mol. The standard InChI is InChI=1S/C24H24N2O4S/c1-15-9-11-19(13-16(15)2)26(31(4,28)29)17(3)24(27)25-18-10-12-21-20-7-5-6-8-22(20)30-23(21)14-18/h5-14,17H,1-4H3,(H,25,27)/t17-/m1/s1. The summed E-state index contributed by atoms with van der Waals surface area (Å²) in [6.45, 7) is 5.44. The highest BCUT2D eigenvalue weighted by Crippen LogP contribution is 2.30. The van der Waals surface area contributed by atoms with Gasteiger partial charge in [0.1, 0.15) is 17.2 Å². The first-order chi connectivity index (χ1) is 14.6. The minimum Gasteiger partial charge on any atom is -0.456 e. The minimum absolute atomic E-state index is 0.431. The molecule has 1 heterocycles. The fourth-order valence-electron chi connectivity index (χ4n) is 3.72. The maximum Gasteiger partial charge on any atom is 0.247 e. The van der Waals surface area contributed by atoms with E-state index in [2.05, 4.69) is 5.32 Å². The first-order valence-corrected chi connectivity index (χ1v) is 11.8. The zero-order valence-electron chi connectivity index (χ0n) is 17.8. The molecule has 1 amide bonds. The van der Waals surface area contributed by atoms with E-state index in [1.807, 2.05) is 50.2 Å². The highest BCUT2D eigenvalue weighted by atomic mass is 32.2. The van der Waals surface area contributed by atoms with Gasteiger partial charge in [-0.3, -0.25) is 9.10 Å². The quantitative estimate of drug-likeness (QED) is 0.478. The van der Waals surface area contributed by atoms with Gasteiger partial charge in [-0.1, -0.05) is 24.3 Å². The van der Waals surface area contributed by atoms with Crippen LogP contribution >= 0.6 is 0 Å². The number of sulfonamides is 1. The summed E-state index contributed by atoms with van der Waals surface area (Å²) in [5.74, 6) is -0.431. The van der Waals surface area contributed by atoms with Crippen molar-refractivity contribution in [2.45, 2.75) is 26.8 Å². The van der Waals surface area contributed by atoms with Crippen molar-refractivity contribution < 1.29 is 17.6 Å². The van der Waals surface area contributed by atoms with Crippen LogP contribution in [0.5, 0.6) is 0 Å². The lowest BCUT2D eigenvalue weighted by Gasteiger charge is -2.28. The van der Waals surface area contributed by atoms with Crippen molar-refractivity contribution in [2.24, 2.45) is 0 Å². The van der Waals surface area contributed by atoms with Gasteiger partial charge in [0.15, 0.2) is 0 Å². The van der Waals surface area contributed by atoms with E-state index in [9.17, 15) is 13.2 Å². The number of aryl methyl sites for hydroxylation is 2. The molecule has 0 fully saturated rings. The van der Waals surface area contributed by atoms with E-state index >= 15 is 0 Å². The molecule has 0 saturated heterocycles. The second-order valence-corrected chi connectivity index (χ2v) is 9.66. The van der Waals surface area contributed by atoms with Gasteiger partial charge in [0.2, 0.25) is 15.9 Å². The van der Waals surface area contributed by atoms with Crippen molar-refractivity contribution in [3.05, 3.63) is 71.8 Å². The summed E-state index contributed by atoms with van der Waals surface area (Å²) < 4.78 is 32.1. The normalized spacial score (nSPS) is 12.8. The lowest BCUT2D eigenvalue weighted by atomic mass is 10.1. The lowest BCUT2D eigenvalue weighted by molar-refractivity contribution is -0.116. The molecule has 0 saturated carbocycles. The number of carbonyl (C=O) groups is 1. The highest BCUT2D eigenvalue weighted by molar-refractivity contribution is 7.92. The first kappa shape index (κ1) is 20.9. The number of carbonyl (C=O) groups excluding carboxylic acids is 1. The van der Waals surface area contributed by atoms with Crippen LogP contribution in [0.15, 0.2) is 65.1 Å². The van der Waals surface area contributed by atoms with Crippen LogP contribution in [0.2, 0.25) is 0 Å². The third-order valence-corrected chi connectivity index (χ3v) is 6.72. The Morgan fingerprint density at radius 2 is 1.65 bits per heavy atom.